The molecule has 0 radical (unpaired) electrons. The number of benzene rings is 3. The van der Waals surface area contributed by atoms with E-state index >= 15 is 4.39 Å². The Bertz CT molecular complexity index is 1600. The first kappa shape index (κ1) is 33.6. The lowest BCUT2D eigenvalue weighted by Gasteiger charge is -2.36. The Balaban J connectivity index is 1.25. The zero-order valence-corrected chi connectivity index (χ0v) is 27.4. The van der Waals surface area contributed by atoms with E-state index in [1.807, 2.05) is 61.5 Å². The number of carbonyl (C=O) groups is 1. The van der Waals surface area contributed by atoms with Crippen LogP contribution in [-0.4, -0.2) is 78.3 Å². The van der Waals surface area contributed by atoms with Crippen LogP contribution in [0.3, 0.4) is 0 Å². The van der Waals surface area contributed by atoms with E-state index in [1.165, 1.54) is 17.2 Å². The van der Waals surface area contributed by atoms with Crippen LogP contribution in [0.1, 0.15) is 38.0 Å². The highest BCUT2D eigenvalue weighted by Gasteiger charge is 2.23. The molecule has 1 N–H and O–H groups in total. The molecule has 1 aliphatic heterocycles. The Labute approximate surface area is 276 Å². The first-order valence-electron chi connectivity index (χ1n) is 15.9. The normalized spacial score (nSPS) is 14.4. The summed E-state index contributed by atoms with van der Waals surface area (Å²) in [6, 6.07) is 23.8. The summed E-state index contributed by atoms with van der Waals surface area (Å²) in [4.78, 5) is 28.7. The van der Waals surface area contributed by atoms with E-state index in [2.05, 4.69) is 38.9 Å². The van der Waals surface area contributed by atoms with Gasteiger partial charge in [-0.2, -0.15) is 4.98 Å². The van der Waals surface area contributed by atoms with E-state index in [0.29, 0.717) is 29.9 Å². The van der Waals surface area contributed by atoms with Crippen LogP contribution in [0.4, 0.5) is 26.6 Å². The number of nitrogens with one attached hydrogen (secondary N) is 1. The summed E-state index contributed by atoms with van der Waals surface area (Å²) in [5.74, 6) is 0.859. The van der Waals surface area contributed by atoms with Crippen molar-refractivity contribution in [3.63, 3.8) is 0 Å². The Morgan fingerprint density at radius 3 is 2.49 bits per heavy atom. The number of piperazine rings is 1. The summed E-state index contributed by atoms with van der Waals surface area (Å²) in [7, 11) is 1.59. The molecule has 5 rings (SSSR count). The molecule has 1 aliphatic rings. The van der Waals surface area contributed by atoms with E-state index in [1.54, 1.807) is 25.3 Å². The molecule has 0 saturated carbocycles. The SMILES string of the molecule is COc1cccc(CN(C(=O)O[C@@H](C)c2ccccc2)c2ccnc(Nc3ccc(OCCN4CCN(C(C)C)CC4)c(F)c3)n2)c1. The number of carbonyl (C=O) groups excluding carboxylic acids is 1. The molecule has 2 heterocycles. The standard InChI is InChI=1S/C36H43FN6O4/c1-26(2)42-19-17-41(18-20-42)21-22-46-33-14-13-30(24-32(33)37)39-35-38-16-15-34(40-35)43(25-28-9-8-12-31(23-28)45-4)36(44)47-27(3)29-10-6-5-7-11-29/h5-16,23-24,26-27H,17-22,25H2,1-4H3,(H,38,39,40)/t27-/m0/s1. The number of methoxy groups -OCH3 is 1. The van der Waals surface area contributed by atoms with Crippen LogP contribution in [0.15, 0.2) is 85.1 Å². The second-order valence-corrected chi connectivity index (χ2v) is 11.7. The van der Waals surface area contributed by atoms with Gasteiger partial charge < -0.3 is 19.5 Å². The van der Waals surface area contributed by atoms with E-state index in [4.69, 9.17) is 14.2 Å². The second-order valence-electron chi connectivity index (χ2n) is 11.7. The largest absolute Gasteiger partial charge is 0.497 e. The number of nitrogens with zero attached hydrogens (tertiary/aromatic N) is 5. The van der Waals surface area contributed by atoms with Crippen molar-refractivity contribution in [1.82, 2.24) is 19.8 Å². The van der Waals surface area contributed by atoms with E-state index in [9.17, 15) is 4.79 Å². The van der Waals surface area contributed by atoms with Crippen LogP contribution < -0.4 is 19.7 Å². The third-order valence-corrected chi connectivity index (χ3v) is 8.15. The van der Waals surface area contributed by atoms with Gasteiger partial charge in [-0.1, -0.05) is 42.5 Å². The summed E-state index contributed by atoms with van der Waals surface area (Å²) in [5.41, 5.74) is 2.12. The van der Waals surface area contributed by atoms with Crippen LogP contribution in [0.5, 0.6) is 11.5 Å². The molecule has 4 aromatic rings. The van der Waals surface area contributed by atoms with Gasteiger partial charge in [-0.25, -0.2) is 14.2 Å². The molecule has 0 bridgehead atoms. The highest BCUT2D eigenvalue weighted by molar-refractivity contribution is 5.86. The van der Waals surface area contributed by atoms with Gasteiger partial charge in [0.15, 0.2) is 11.6 Å². The Morgan fingerprint density at radius 2 is 1.77 bits per heavy atom. The molecule has 0 unspecified atom stereocenters. The summed E-state index contributed by atoms with van der Waals surface area (Å²) >= 11 is 0. The Morgan fingerprint density at radius 1 is 0.979 bits per heavy atom. The van der Waals surface area contributed by atoms with Crippen molar-refractivity contribution >= 4 is 23.5 Å². The van der Waals surface area contributed by atoms with Gasteiger partial charge in [0, 0.05) is 56.7 Å². The fourth-order valence-corrected chi connectivity index (χ4v) is 5.37. The maximum atomic E-state index is 15.0. The molecule has 47 heavy (non-hydrogen) atoms. The maximum Gasteiger partial charge on any atom is 0.416 e. The van der Waals surface area contributed by atoms with Crippen molar-refractivity contribution in [3.8, 4) is 11.5 Å². The quantitative estimate of drug-likeness (QED) is 0.172. The van der Waals surface area contributed by atoms with Crippen LogP contribution in [0, 0.1) is 5.82 Å². The van der Waals surface area contributed by atoms with Crippen LogP contribution in [0.2, 0.25) is 0 Å². The van der Waals surface area contributed by atoms with Crippen molar-refractivity contribution in [2.75, 3.05) is 56.7 Å². The van der Waals surface area contributed by atoms with Gasteiger partial charge >= 0.3 is 6.09 Å². The van der Waals surface area contributed by atoms with Crippen molar-refractivity contribution in [3.05, 3.63) is 102 Å². The van der Waals surface area contributed by atoms with Gasteiger partial charge in [-0.15, -0.1) is 0 Å². The number of aromatic nitrogens is 2. The van der Waals surface area contributed by atoms with Crippen LogP contribution in [-0.2, 0) is 11.3 Å². The number of amides is 1. The van der Waals surface area contributed by atoms with E-state index in [0.717, 1.165) is 43.9 Å². The van der Waals surface area contributed by atoms with Crippen molar-refractivity contribution in [2.45, 2.75) is 39.5 Å². The van der Waals surface area contributed by atoms with E-state index in [-0.39, 0.29) is 18.2 Å². The molecule has 10 nitrogen and oxygen atoms in total. The molecule has 1 fully saturated rings. The molecule has 0 aliphatic carbocycles. The highest BCUT2D eigenvalue weighted by atomic mass is 19.1. The average Bonchev–Trinajstić information content (AvgIpc) is 3.09. The molecule has 3 aromatic carbocycles. The number of anilines is 3. The molecule has 1 aromatic heterocycles. The maximum absolute atomic E-state index is 15.0. The first-order valence-corrected chi connectivity index (χ1v) is 15.9. The predicted molar refractivity (Wildman–Crippen MR) is 181 cm³/mol. The lowest BCUT2D eigenvalue weighted by Crippen LogP contribution is -2.49. The molecule has 11 heteroatoms. The Hall–Kier alpha value is -4.74. The monoisotopic (exact) mass is 642 g/mol. The molecule has 1 atom stereocenters. The number of rotatable bonds is 13. The molecule has 248 valence electrons. The summed E-state index contributed by atoms with van der Waals surface area (Å²) < 4.78 is 32.0. The third-order valence-electron chi connectivity index (χ3n) is 8.15. The predicted octanol–water partition coefficient (Wildman–Crippen LogP) is 6.68. The fraction of sp³-hybridized carbons (Fsp3) is 0.361. The number of ether oxygens (including phenoxy) is 3. The molecule has 1 amide bonds. The third kappa shape index (κ3) is 9.40. The number of hydrogen-bond donors (Lipinski definition) is 1. The van der Waals surface area contributed by atoms with Gasteiger partial charge in [0.05, 0.1) is 13.7 Å². The van der Waals surface area contributed by atoms with Gasteiger partial charge in [-0.05, 0) is 62.2 Å². The molecule has 0 spiro atoms. The van der Waals surface area contributed by atoms with Gasteiger partial charge in [-0.3, -0.25) is 14.7 Å². The topological polar surface area (TPSA) is 92.3 Å². The molecular weight excluding hydrogens is 599 g/mol. The van der Waals surface area contributed by atoms with E-state index < -0.39 is 18.0 Å². The van der Waals surface area contributed by atoms with Gasteiger partial charge in [0.2, 0.25) is 5.95 Å². The first-order chi connectivity index (χ1) is 22.8. The summed E-state index contributed by atoms with van der Waals surface area (Å²) in [5, 5.41) is 3.05. The smallest absolute Gasteiger partial charge is 0.416 e. The number of halogens is 1. The minimum atomic E-state index is -0.580. The highest BCUT2D eigenvalue weighted by Crippen LogP contribution is 2.26. The van der Waals surface area contributed by atoms with Gasteiger partial charge in [0.1, 0.15) is 24.3 Å². The molecule has 1 saturated heterocycles. The second kappa shape index (κ2) is 16.2. The van der Waals surface area contributed by atoms with Crippen LogP contribution in [0.25, 0.3) is 0 Å². The van der Waals surface area contributed by atoms with Crippen molar-refractivity contribution in [1.29, 1.82) is 0 Å². The van der Waals surface area contributed by atoms with Crippen molar-refractivity contribution < 1.29 is 23.4 Å². The van der Waals surface area contributed by atoms with Gasteiger partial charge in [0.25, 0.3) is 0 Å². The fourth-order valence-electron chi connectivity index (χ4n) is 5.37. The zero-order valence-electron chi connectivity index (χ0n) is 27.4. The van der Waals surface area contributed by atoms with Crippen LogP contribution >= 0.6 is 0 Å². The minimum Gasteiger partial charge on any atom is -0.497 e. The molecular formula is C36H43FN6O4. The lowest BCUT2D eigenvalue weighted by atomic mass is 10.1. The van der Waals surface area contributed by atoms with Crippen molar-refractivity contribution in [2.24, 2.45) is 0 Å². The summed E-state index contributed by atoms with van der Waals surface area (Å²) in [6.45, 7) is 11.6. The Kier molecular flexibility index (Phi) is 11.6. The minimum absolute atomic E-state index is 0.169. The number of hydrogen-bond acceptors (Lipinski definition) is 9. The average molecular weight is 643 g/mol. The lowest BCUT2D eigenvalue weighted by molar-refractivity contribution is 0.0965. The summed E-state index contributed by atoms with van der Waals surface area (Å²) in [6.07, 6.45) is 0.462. The zero-order chi connectivity index (χ0) is 33.2.